The van der Waals surface area contributed by atoms with Crippen LogP contribution in [0, 0.1) is 11.8 Å². The number of carbonyl (C=O) groups excluding carboxylic acids is 1. The predicted octanol–water partition coefficient (Wildman–Crippen LogP) is 3.97. The SMILES string of the molecule is O=C(COc1ccc2ccccc2c1)NCC#CCOc1ccc2cccnc2c1. The smallest absolute Gasteiger partial charge is 0.258 e. The fourth-order valence-corrected chi connectivity index (χ4v) is 2.97. The quantitative estimate of drug-likeness (QED) is 0.501. The van der Waals surface area contributed by atoms with Gasteiger partial charge in [0.25, 0.3) is 5.91 Å². The molecule has 4 aromatic rings. The maximum Gasteiger partial charge on any atom is 0.258 e. The van der Waals surface area contributed by atoms with Gasteiger partial charge in [0.2, 0.25) is 0 Å². The standard InChI is InChI=1S/C25H20N2O3/c28-25(18-30-22-11-9-19-6-1-2-7-21(19)16-22)27-13-3-4-15-29-23-12-10-20-8-5-14-26-24(20)17-23/h1-2,5-12,14,16-17H,13,15,18H2,(H,27,28). The zero-order valence-electron chi connectivity index (χ0n) is 16.3. The number of nitrogens with zero attached hydrogens (tertiary/aromatic N) is 1. The topological polar surface area (TPSA) is 60.5 Å². The summed E-state index contributed by atoms with van der Waals surface area (Å²) in [6.45, 7) is 0.422. The van der Waals surface area contributed by atoms with E-state index < -0.39 is 0 Å². The molecule has 0 bridgehead atoms. The minimum Gasteiger partial charge on any atom is -0.484 e. The van der Waals surface area contributed by atoms with Crippen LogP contribution in [0.15, 0.2) is 79.0 Å². The lowest BCUT2D eigenvalue weighted by molar-refractivity contribution is -0.122. The number of benzene rings is 3. The molecule has 0 aliphatic heterocycles. The number of ether oxygens (including phenoxy) is 2. The highest BCUT2D eigenvalue weighted by Gasteiger charge is 2.02. The fraction of sp³-hybridized carbons (Fsp3) is 0.120. The highest BCUT2D eigenvalue weighted by atomic mass is 16.5. The number of hydrogen-bond acceptors (Lipinski definition) is 4. The molecule has 0 unspecified atom stereocenters. The van der Waals surface area contributed by atoms with Crippen molar-refractivity contribution in [3.63, 3.8) is 0 Å². The molecule has 0 radical (unpaired) electrons. The maximum absolute atomic E-state index is 11.9. The predicted molar refractivity (Wildman–Crippen MR) is 117 cm³/mol. The van der Waals surface area contributed by atoms with Gasteiger partial charge in [-0.15, -0.1) is 0 Å². The van der Waals surface area contributed by atoms with Crippen molar-refractivity contribution in [3.05, 3.63) is 79.0 Å². The third-order valence-corrected chi connectivity index (χ3v) is 4.48. The van der Waals surface area contributed by atoms with Crippen LogP contribution in [0.1, 0.15) is 0 Å². The Hall–Kier alpha value is -4.04. The highest BCUT2D eigenvalue weighted by molar-refractivity contribution is 5.84. The van der Waals surface area contributed by atoms with Crippen LogP contribution in [-0.4, -0.2) is 30.6 Å². The molecule has 0 saturated carbocycles. The van der Waals surface area contributed by atoms with E-state index in [9.17, 15) is 4.79 Å². The first-order valence-corrected chi connectivity index (χ1v) is 9.59. The van der Waals surface area contributed by atoms with Crippen LogP contribution in [0.3, 0.4) is 0 Å². The van der Waals surface area contributed by atoms with Crippen molar-refractivity contribution in [2.75, 3.05) is 19.8 Å². The van der Waals surface area contributed by atoms with Gasteiger partial charge in [0, 0.05) is 17.6 Å². The molecule has 5 nitrogen and oxygen atoms in total. The molecule has 30 heavy (non-hydrogen) atoms. The van der Waals surface area contributed by atoms with E-state index in [1.807, 2.05) is 72.8 Å². The van der Waals surface area contributed by atoms with Crippen molar-refractivity contribution >= 4 is 27.6 Å². The first kappa shape index (κ1) is 19.3. The number of rotatable bonds is 6. The molecule has 4 rings (SSSR count). The molecule has 0 atom stereocenters. The van der Waals surface area contributed by atoms with E-state index in [1.54, 1.807) is 6.20 Å². The number of fused-ring (bicyclic) bond motifs is 2. The molecule has 0 aliphatic rings. The Labute approximate surface area is 174 Å². The Bertz CT molecular complexity index is 1240. The van der Waals surface area contributed by atoms with Gasteiger partial charge in [0.15, 0.2) is 6.61 Å². The minimum atomic E-state index is -0.223. The lowest BCUT2D eigenvalue weighted by Crippen LogP contribution is -2.29. The molecule has 1 N–H and O–H groups in total. The van der Waals surface area contributed by atoms with E-state index in [0.717, 1.165) is 21.7 Å². The first-order chi connectivity index (χ1) is 14.8. The van der Waals surface area contributed by atoms with E-state index in [2.05, 4.69) is 22.1 Å². The molecule has 1 amide bonds. The Morgan fingerprint density at radius 3 is 2.50 bits per heavy atom. The zero-order valence-corrected chi connectivity index (χ0v) is 16.3. The van der Waals surface area contributed by atoms with E-state index in [0.29, 0.717) is 11.5 Å². The number of amides is 1. The molecule has 5 heteroatoms. The molecule has 0 aliphatic carbocycles. The summed E-state index contributed by atoms with van der Waals surface area (Å²) in [5.41, 5.74) is 0.877. The lowest BCUT2D eigenvalue weighted by atomic mass is 10.1. The third-order valence-electron chi connectivity index (χ3n) is 4.48. The van der Waals surface area contributed by atoms with Gasteiger partial charge in [0.05, 0.1) is 12.1 Å². The van der Waals surface area contributed by atoms with Gasteiger partial charge in [0.1, 0.15) is 18.1 Å². The molecule has 1 heterocycles. The summed E-state index contributed by atoms with van der Waals surface area (Å²) in [7, 11) is 0. The van der Waals surface area contributed by atoms with Gasteiger partial charge >= 0.3 is 0 Å². The van der Waals surface area contributed by atoms with Gasteiger partial charge < -0.3 is 14.8 Å². The summed E-state index contributed by atoms with van der Waals surface area (Å²) < 4.78 is 11.2. The van der Waals surface area contributed by atoms with Gasteiger partial charge in [-0.2, -0.15) is 0 Å². The molecule has 148 valence electrons. The summed E-state index contributed by atoms with van der Waals surface area (Å²) in [6, 6.07) is 23.4. The van der Waals surface area contributed by atoms with Crippen LogP contribution in [0.2, 0.25) is 0 Å². The van der Waals surface area contributed by atoms with Gasteiger partial charge in [-0.25, -0.2) is 0 Å². The molecule has 0 spiro atoms. The molecule has 0 fully saturated rings. The summed E-state index contributed by atoms with van der Waals surface area (Å²) in [5, 5.41) is 5.97. The average molecular weight is 396 g/mol. The largest absolute Gasteiger partial charge is 0.484 e. The normalized spacial score (nSPS) is 10.3. The Balaban J connectivity index is 1.18. The zero-order chi connectivity index (χ0) is 20.6. The van der Waals surface area contributed by atoms with Crippen LogP contribution in [0.25, 0.3) is 21.7 Å². The number of hydrogen-bond donors (Lipinski definition) is 1. The highest BCUT2D eigenvalue weighted by Crippen LogP contribution is 2.20. The van der Waals surface area contributed by atoms with Gasteiger partial charge in [-0.1, -0.05) is 48.2 Å². The third kappa shape index (κ3) is 5.06. The van der Waals surface area contributed by atoms with Crippen LogP contribution < -0.4 is 14.8 Å². The number of aromatic nitrogens is 1. The van der Waals surface area contributed by atoms with Crippen molar-refractivity contribution in [1.29, 1.82) is 0 Å². The monoisotopic (exact) mass is 396 g/mol. The first-order valence-electron chi connectivity index (χ1n) is 9.59. The van der Waals surface area contributed by atoms with Crippen LogP contribution in [0.5, 0.6) is 11.5 Å². The lowest BCUT2D eigenvalue weighted by Gasteiger charge is -2.07. The maximum atomic E-state index is 11.9. The summed E-state index contributed by atoms with van der Waals surface area (Å²) in [6.07, 6.45) is 1.75. The molecule has 3 aromatic carbocycles. The van der Waals surface area contributed by atoms with Gasteiger partial charge in [-0.3, -0.25) is 9.78 Å². The Morgan fingerprint density at radius 1 is 0.833 bits per heavy atom. The molecular formula is C25H20N2O3. The van der Waals surface area contributed by atoms with Crippen molar-refractivity contribution in [2.45, 2.75) is 0 Å². The van der Waals surface area contributed by atoms with Crippen LogP contribution >= 0.6 is 0 Å². The second kappa shape index (κ2) is 9.44. The van der Waals surface area contributed by atoms with Crippen LogP contribution in [-0.2, 0) is 4.79 Å². The minimum absolute atomic E-state index is 0.0550. The van der Waals surface area contributed by atoms with E-state index in [-0.39, 0.29) is 25.7 Å². The number of carbonyl (C=O) groups is 1. The van der Waals surface area contributed by atoms with E-state index in [1.165, 1.54) is 0 Å². The summed E-state index contributed by atoms with van der Waals surface area (Å²) >= 11 is 0. The summed E-state index contributed by atoms with van der Waals surface area (Å²) in [5.74, 6) is 6.90. The Morgan fingerprint density at radius 2 is 1.60 bits per heavy atom. The fourth-order valence-electron chi connectivity index (χ4n) is 2.97. The van der Waals surface area contributed by atoms with Crippen molar-refractivity contribution in [3.8, 4) is 23.3 Å². The van der Waals surface area contributed by atoms with E-state index >= 15 is 0 Å². The van der Waals surface area contributed by atoms with Crippen molar-refractivity contribution in [2.24, 2.45) is 0 Å². The summed E-state index contributed by atoms with van der Waals surface area (Å²) in [4.78, 5) is 16.2. The van der Waals surface area contributed by atoms with Gasteiger partial charge in [-0.05, 0) is 41.1 Å². The molecule has 1 aromatic heterocycles. The average Bonchev–Trinajstić information content (AvgIpc) is 2.79. The van der Waals surface area contributed by atoms with Crippen LogP contribution in [0.4, 0.5) is 0 Å². The number of nitrogens with one attached hydrogen (secondary N) is 1. The molecular weight excluding hydrogens is 376 g/mol. The second-order valence-corrected chi connectivity index (χ2v) is 6.57. The number of pyridine rings is 1. The molecule has 0 saturated heterocycles. The van der Waals surface area contributed by atoms with E-state index in [4.69, 9.17) is 9.47 Å². The Kier molecular flexibility index (Phi) is 6.07. The van der Waals surface area contributed by atoms with Crippen molar-refractivity contribution < 1.29 is 14.3 Å². The second-order valence-electron chi connectivity index (χ2n) is 6.57. The van der Waals surface area contributed by atoms with Crippen molar-refractivity contribution in [1.82, 2.24) is 10.3 Å².